The Morgan fingerprint density at radius 1 is 0.780 bits per heavy atom. The van der Waals surface area contributed by atoms with Crippen LogP contribution in [0.4, 0.5) is 5.69 Å². The quantitative estimate of drug-likeness (QED) is 0.203. The second kappa shape index (κ2) is 12.8. The van der Waals surface area contributed by atoms with E-state index in [4.69, 9.17) is 18.9 Å². The Balaban J connectivity index is 1.23. The largest absolute Gasteiger partial charge is 0.492 e. The maximum absolute atomic E-state index is 6.39. The molecule has 1 fully saturated rings. The number of nitrogens with zero attached hydrogens (tertiary/aromatic N) is 1. The van der Waals surface area contributed by atoms with Crippen LogP contribution >= 0.6 is 0 Å². The predicted octanol–water partition coefficient (Wildman–Crippen LogP) is 7.41. The van der Waals surface area contributed by atoms with Crippen LogP contribution in [-0.4, -0.2) is 40.2 Å². The van der Waals surface area contributed by atoms with E-state index in [0.717, 1.165) is 43.0 Å². The Morgan fingerprint density at radius 3 is 2.15 bits per heavy atom. The number of benzene rings is 4. The molecule has 2 heterocycles. The summed E-state index contributed by atoms with van der Waals surface area (Å²) in [6.07, 6.45) is 2.01. The Morgan fingerprint density at radius 2 is 1.46 bits per heavy atom. The highest BCUT2D eigenvalue weighted by molar-refractivity contribution is 5.54. The van der Waals surface area contributed by atoms with Crippen LogP contribution in [0.3, 0.4) is 0 Å². The molecule has 0 aromatic heterocycles. The summed E-state index contributed by atoms with van der Waals surface area (Å²) in [5, 5.41) is 0. The molecule has 0 amide bonds. The van der Waals surface area contributed by atoms with Crippen molar-refractivity contribution in [2.24, 2.45) is 5.92 Å². The maximum atomic E-state index is 6.39. The van der Waals surface area contributed by atoms with Crippen LogP contribution in [-0.2, 0) is 16.1 Å². The summed E-state index contributed by atoms with van der Waals surface area (Å²) in [6.45, 7) is 3.17. The summed E-state index contributed by atoms with van der Waals surface area (Å²) < 4.78 is 23.6. The molecule has 5 nitrogen and oxygen atoms in total. The molecule has 0 aliphatic carbocycles. The van der Waals surface area contributed by atoms with Crippen molar-refractivity contribution in [3.8, 4) is 11.5 Å². The van der Waals surface area contributed by atoms with Crippen LogP contribution in [0, 0.1) is 5.92 Å². The van der Waals surface area contributed by atoms with E-state index in [0.29, 0.717) is 19.1 Å². The van der Waals surface area contributed by atoms with Crippen LogP contribution in [0.15, 0.2) is 103 Å². The van der Waals surface area contributed by atoms with Crippen molar-refractivity contribution in [1.82, 2.24) is 0 Å². The molecular weight excluding hydrogens is 510 g/mol. The van der Waals surface area contributed by atoms with Crippen molar-refractivity contribution in [3.63, 3.8) is 0 Å². The topological polar surface area (TPSA) is 40.2 Å². The summed E-state index contributed by atoms with van der Waals surface area (Å²) in [5.74, 6) is 2.58. The van der Waals surface area contributed by atoms with E-state index in [-0.39, 0.29) is 18.1 Å². The molecule has 0 N–H and O–H groups in total. The van der Waals surface area contributed by atoms with Crippen LogP contribution in [0.25, 0.3) is 0 Å². The summed E-state index contributed by atoms with van der Waals surface area (Å²) in [5.41, 5.74) is 6.22. The molecule has 2 atom stereocenters. The lowest BCUT2D eigenvalue weighted by molar-refractivity contribution is -0.141. The lowest BCUT2D eigenvalue weighted by atomic mass is 9.76. The van der Waals surface area contributed by atoms with Crippen molar-refractivity contribution in [3.05, 3.63) is 125 Å². The Hall–Kier alpha value is -3.80. The summed E-state index contributed by atoms with van der Waals surface area (Å²) >= 11 is 0. The zero-order chi connectivity index (χ0) is 28.0. The predicted molar refractivity (Wildman–Crippen MR) is 163 cm³/mol. The first-order chi connectivity index (χ1) is 20.2. The average molecular weight is 550 g/mol. The molecule has 0 spiro atoms. The fourth-order valence-electron chi connectivity index (χ4n) is 6.42. The molecule has 1 saturated heterocycles. The van der Waals surface area contributed by atoms with Gasteiger partial charge in [-0.1, -0.05) is 78.9 Å². The van der Waals surface area contributed by atoms with Crippen molar-refractivity contribution < 1.29 is 18.9 Å². The number of ether oxygens (including phenoxy) is 4. The van der Waals surface area contributed by atoms with E-state index >= 15 is 0 Å². The maximum Gasteiger partial charge on any atom is 0.159 e. The zero-order valence-corrected chi connectivity index (χ0v) is 23.9. The van der Waals surface area contributed by atoms with E-state index in [1.54, 1.807) is 14.2 Å². The molecule has 6 rings (SSSR count). The van der Waals surface area contributed by atoms with E-state index in [2.05, 4.69) is 89.8 Å². The van der Waals surface area contributed by atoms with Crippen molar-refractivity contribution in [2.45, 2.75) is 37.6 Å². The number of hydrogen-bond acceptors (Lipinski definition) is 5. The SMILES string of the molecule is COC(OC)C1CCN(c2ccc(C3c4ccc(OCc5ccccc5)cc4OCC3c3ccccc3)cc2)CC1. The third kappa shape index (κ3) is 6.12. The standard InChI is InChI=1S/C36H39NO4/c1-38-36(39-2)29-19-21-37(22-20-29)30-15-13-28(14-16-30)35-32-18-17-31(40-24-26-9-5-3-6-10-26)23-34(32)41-25-33(35)27-11-7-4-8-12-27/h3-18,23,29,33,35-36H,19-22,24-25H2,1-2H3. The van der Waals surface area contributed by atoms with Gasteiger partial charge in [-0.3, -0.25) is 0 Å². The van der Waals surface area contributed by atoms with Gasteiger partial charge in [0.05, 0.1) is 6.61 Å². The minimum atomic E-state index is -0.118. The highest BCUT2D eigenvalue weighted by Crippen LogP contribution is 2.47. The van der Waals surface area contributed by atoms with Gasteiger partial charge in [0.1, 0.15) is 18.1 Å². The lowest BCUT2D eigenvalue weighted by Gasteiger charge is -2.37. The number of methoxy groups -OCH3 is 2. The highest BCUT2D eigenvalue weighted by atomic mass is 16.7. The first-order valence-electron chi connectivity index (χ1n) is 14.6. The van der Waals surface area contributed by atoms with Gasteiger partial charge in [-0.2, -0.15) is 0 Å². The van der Waals surface area contributed by atoms with E-state index in [9.17, 15) is 0 Å². The molecule has 0 saturated carbocycles. The smallest absolute Gasteiger partial charge is 0.159 e. The minimum Gasteiger partial charge on any atom is -0.492 e. The van der Waals surface area contributed by atoms with Gasteiger partial charge in [0, 0.05) is 62.4 Å². The van der Waals surface area contributed by atoms with Gasteiger partial charge in [-0.05, 0) is 47.7 Å². The van der Waals surface area contributed by atoms with E-state index in [1.165, 1.54) is 22.4 Å². The number of anilines is 1. The number of piperidine rings is 1. The zero-order valence-electron chi connectivity index (χ0n) is 23.9. The van der Waals surface area contributed by atoms with Crippen LogP contribution in [0.5, 0.6) is 11.5 Å². The molecule has 2 aliphatic heterocycles. The fourth-order valence-corrected chi connectivity index (χ4v) is 6.42. The molecule has 4 aromatic rings. The molecule has 41 heavy (non-hydrogen) atoms. The van der Waals surface area contributed by atoms with E-state index < -0.39 is 0 Å². The summed E-state index contributed by atoms with van der Waals surface area (Å²) in [7, 11) is 3.46. The number of fused-ring (bicyclic) bond motifs is 1. The molecule has 4 aromatic carbocycles. The fraction of sp³-hybridized carbons (Fsp3) is 0.333. The first-order valence-corrected chi connectivity index (χ1v) is 14.6. The van der Waals surface area contributed by atoms with Crippen molar-refractivity contribution in [1.29, 1.82) is 0 Å². The normalized spacial score (nSPS) is 19.0. The van der Waals surface area contributed by atoms with Gasteiger partial charge in [0.2, 0.25) is 0 Å². The number of rotatable bonds is 9. The average Bonchev–Trinajstić information content (AvgIpc) is 3.05. The van der Waals surface area contributed by atoms with Crippen molar-refractivity contribution >= 4 is 5.69 Å². The van der Waals surface area contributed by atoms with Gasteiger partial charge >= 0.3 is 0 Å². The first kappa shape index (κ1) is 27.4. The monoisotopic (exact) mass is 549 g/mol. The van der Waals surface area contributed by atoms with Crippen LogP contribution in [0.1, 0.15) is 46.9 Å². The lowest BCUT2D eigenvalue weighted by Crippen LogP contribution is -2.39. The third-order valence-corrected chi connectivity index (χ3v) is 8.62. The Bertz CT molecular complexity index is 1380. The van der Waals surface area contributed by atoms with Gasteiger partial charge in [0.15, 0.2) is 6.29 Å². The molecule has 2 aliphatic rings. The van der Waals surface area contributed by atoms with Gasteiger partial charge < -0.3 is 23.8 Å². The van der Waals surface area contributed by atoms with Crippen LogP contribution in [0.2, 0.25) is 0 Å². The van der Waals surface area contributed by atoms with Gasteiger partial charge in [-0.15, -0.1) is 0 Å². The second-order valence-electron chi connectivity index (χ2n) is 11.0. The summed E-state index contributed by atoms with van der Waals surface area (Å²) in [4.78, 5) is 2.48. The third-order valence-electron chi connectivity index (χ3n) is 8.62. The second-order valence-corrected chi connectivity index (χ2v) is 11.0. The Labute approximate surface area is 243 Å². The highest BCUT2D eigenvalue weighted by Gasteiger charge is 2.34. The molecule has 0 radical (unpaired) electrons. The number of hydrogen-bond donors (Lipinski definition) is 0. The molecule has 212 valence electrons. The molecular formula is C36H39NO4. The summed E-state index contributed by atoms with van der Waals surface area (Å²) in [6, 6.07) is 36.5. The molecule has 2 unspecified atom stereocenters. The molecule has 5 heteroatoms. The van der Waals surface area contributed by atoms with Gasteiger partial charge in [0.25, 0.3) is 0 Å². The van der Waals surface area contributed by atoms with Crippen molar-refractivity contribution in [2.75, 3.05) is 38.8 Å². The van der Waals surface area contributed by atoms with Crippen LogP contribution < -0.4 is 14.4 Å². The van der Waals surface area contributed by atoms with E-state index in [1.807, 2.05) is 18.2 Å². The van der Waals surface area contributed by atoms with Gasteiger partial charge in [-0.25, -0.2) is 0 Å². The Kier molecular flexibility index (Phi) is 8.54. The molecule has 0 bridgehead atoms. The minimum absolute atomic E-state index is 0.118.